The van der Waals surface area contributed by atoms with Gasteiger partial charge in [-0.2, -0.15) is 0 Å². The highest BCUT2D eigenvalue weighted by Crippen LogP contribution is 2.25. The highest BCUT2D eigenvalue weighted by Gasteiger charge is 2.38. The first-order chi connectivity index (χ1) is 8.53. The van der Waals surface area contributed by atoms with E-state index < -0.39 is 11.2 Å². The van der Waals surface area contributed by atoms with Crippen LogP contribution in [0.15, 0.2) is 0 Å². The van der Waals surface area contributed by atoms with Crippen molar-refractivity contribution >= 4 is 5.97 Å². The maximum Gasteiger partial charge on any atom is 0.323 e. The molecular weight excluding hydrogens is 242 g/mol. The van der Waals surface area contributed by atoms with Crippen LogP contribution in [0.2, 0.25) is 0 Å². The van der Waals surface area contributed by atoms with Crippen LogP contribution in [0, 0.1) is 5.92 Å². The number of likely N-dealkylation sites (tertiary alicyclic amines) is 1. The lowest BCUT2D eigenvalue weighted by Crippen LogP contribution is -2.49. The van der Waals surface area contributed by atoms with Gasteiger partial charge in [-0.05, 0) is 53.0 Å². The molecule has 4 heteroatoms. The fraction of sp³-hybridized carbons (Fsp3) is 0.933. The van der Waals surface area contributed by atoms with Crippen molar-refractivity contribution in [2.75, 3.05) is 13.1 Å². The van der Waals surface area contributed by atoms with Gasteiger partial charge in [0.25, 0.3) is 0 Å². The number of β-amino-alcohol motifs (C(OH)–C–C–N with tert-alkyl or cyclic N) is 1. The van der Waals surface area contributed by atoms with Crippen LogP contribution in [0.4, 0.5) is 0 Å². The number of hydrogen-bond donors (Lipinski definition) is 1. The summed E-state index contributed by atoms with van der Waals surface area (Å²) in [5, 5.41) is 10.4. The van der Waals surface area contributed by atoms with E-state index in [0.717, 1.165) is 19.4 Å². The molecule has 0 aromatic heterocycles. The van der Waals surface area contributed by atoms with E-state index in [1.54, 1.807) is 0 Å². The molecule has 1 heterocycles. The topological polar surface area (TPSA) is 49.8 Å². The second-order valence-corrected chi connectivity index (χ2v) is 7.17. The molecular formula is C15H29NO3. The number of carbonyl (C=O) groups excluding carboxylic acids is 1. The number of hydrogen-bond acceptors (Lipinski definition) is 4. The minimum atomic E-state index is -0.773. The van der Waals surface area contributed by atoms with Gasteiger partial charge in [-0.3, -0.25) is 9.69 Å². The van der Waals surface area contributed by atoms with E-state index in [0.29, 0.717) is 6.54 Å². The number of carbonyl (C=O) groups is 1. The average Bonchev–Trinajstić information content (AvgIpc) is 2.61. The third kappa shape index (κ3) is 4.77. The van der Waals surface area contributed by atoms with Crippen LogP contribution < -0.4 is 0 Å². The van der Waals surface area contributed by atoms with Crippen LogP contribution in [0.3, 0.4) is 0 Å². The van der Waals surface area contributed by atoms with Gasteiger partial charge in [0.1, 0.15) is 11.6 Å². The van der Waals surface area contributed by atoms with E-state index >= 15 is 0 Å². The van der Waals surface area contributed by atoms with Crippen LogP contribution in [0.5, 0.6) is 0 Å². The number of nitrogens with zero attached hydrogens (tertiary/aromatic N) is 1. The minimum Gasteiger partial charge on any atom is -0.459 e. The normalized spacial score (nSPS) is 24.5. The molecule has 1 aliphatic heterocycles. The summed E-state index contributed by atoms with van der Waals surface area (Å²) in [4.78, 5) is 14.2. The van der Waals surface area contributed by atoms with Crippen molar-refractivity contribution in [3.63, 3.8) is 0 Å². The van der Waals surface area contributed by atoms with Crippen molar-refractivity contribution in [1.82, 2.24) is 4.90 Å². The van der Waals surface area contributed by atoms with Gasteiger partial charge >= 0.3 is 5.97 Å². The van der Waals surface area contributed by atoms with Gasteiger partial charge in [-0.25, -0.2) is 0 Å². The van der Waals surface area contributed by atoms with Crippen LogP contribution in [-0.4, -0.2) is 46.3 Å². The van der Waals surface area contributed by atoms with E-state index in [1.165, 1.54) is 0 Å². The third-order valence-electron chi connectivity index (χ3n) is 3.81. The minimum absolute atomic E-state index is 0.160. The summed E-state index contributed by atoms with van der Waals surface area (Å²) < 4.78 is 5.46. The molecule has 112 valence electrons. The van der Waals surface area contributed by atoms with Gasteiger partial charge in [-0.1, -0.05) is 13.8 Å². The first-order valence-corrected chi connectivity index (χ1v) is 7.22. The van der Waals surface area contributed by atoms with E-state index in [-0.39, 0.29) is 17.9 Å². The molecule has 19 heavy (non-hydrogen) atoms. The fourth-order valence-electron chi connectivity index (χ4n) is 2.25. The fourth-order valence-corrected chi connectivity index (χ4v) is 2.25. The molecule has 0 bridgehead atoms. The average molecular weight is 271 g/mol. The second kappa shape index (κ2) is 5.80. The van der Waals surface area contributed by atoms with Crippen LogP contribution >= 0.6 is 0 Å². The molecule has 0 amide bonds. The highest BCUT2D eigenvalue weighted by atomic mass is 16.6. The maximum atomic E-state index is 12.2. The lowest BCUT2D eigenvalue weighted by molar-refractivity contribution is -0.161. The summed E-state index contributed by atoms with van der Waals surface area (Å²) in [6.45, 7) is 12.9. The standard InChI is InChI=1S/C15H29NO3/c1-11(2)15(6,18)10-16-9-7-8-12(16)13(17)19-14(3,4)5/h11-12,18H,7-10H2,1-6H3/t12-,15?/m1/s1. The Morgan fingerprint density at radius 3 is 2.42 bits per heavy atom. The van der Waals surface area contributed by atoms with Gasteiger partial charge in [0.05, 0.1) is 5.60 Å². The van der Waals surface area contributed by atoms with E-state index in [1.807, 2.05) is 41.5 Å². The summed E-state index contributed by atoms with van der Waals surface area (Å²) in [5.74, 6) is -0.00283. The molecule has 0 aliphatic carbocycles. The molecule has 0 radical (unpaired) electrons. The number of aliphatic hydroxyl groups is 1. The Balaban J connectivity index is 2.67. The van der Waals surface area contributed by atoms with Crippen molar-refractivity contribution in [3.8, 4) is 0 Å². The molecule has 2 atom stereocenters. The Labute approximate surface area is 117 Å². The summed E-state index contributed by atoms with van der Waals surface area (Å²) in [7, 11) is 0. The second-order valence-electron chi connectivity index (χ2n) is 7.17. The Hall–Kier alpha value is -0.610. The largest absolute Gasteiger partial charge is 0.459 e. The Kier molecular flexibility index (Phi) is 5.02. The zero-order valence-corrected chi connectivity index (χ0v) is 13.2. The molecule has 0 aromatic rings. The summed E-state index contributed by atoms with van der Waals surface area (Å²) >= 11 is 0. The summed E-state index contributed by atoms with van der Waals surface area (Å²) in [6, 6.07) is -0.204. The van der Waals surface area contributed by atoms with Gasteiger partial charge in [-0.15, -0.1) is 0 Å². The quantitative estimate of drug-likeness (QED) is 0.796. The molecule has 1 N–H and O–H groups in total. The predicted molar refractivity (Wildman–Crippen MR) is 75.9 cm³/mol. The zero-order valence-electron chi connectivity index (χ0n) is 13.2. The van der Waals surface area contributed by atoms with Crippen molar-refractivity contribution in [1.29, 1.82) is 0 Å². The predicted octanol–water partition coefficient (Wildman–Crippen LogP) is 2.20. The van der Waals surface area contributed by atoms with E-state index in [2.05, 4.69) is 4.90 Å². The lowest BCUT2D eigenvalue weighted by Gasteiger charge is -2.35. The smallest absolute Gasteiger partial charge is 0.323 e. The SMILES string of the molecule is CC(C)C(C)(O)CN1CCC[C@@H]1C(=O)OC(C)(C)C. The zero-order chi connectivity index (χ0) is 14.8. The first kappa shape index (κ1) is 16.4. The Morgan fingerprint density at radius 2 is 1.95 bits per heavy atom. The van der Waals surface area contributed by atoms with Crippen LogP contribution in [0.1, 0.15) is 54.4 Å². The van der Waals surface area contributed by atoms with Crippen molar-refractivity contribution < 1.29 is 14.6 Å². The molecule has 0 aromatic carbocycles. The van der Waals surface area contributed by atoms with Crippen molar-refractivity contribution in [2.45, 2.75) is 71.6 Å². The highest BCUT2D eigenvalue weighted by molar-refractivity contribution is 5.76. The van der Waals surface area contributed by atoms with Gasteiger partial charge in [0.15, 0.2) is 0 Å². The molecule has 1 saturated heterocycles. The van der Waals surface area contributed by atoms with Gasteiger partial charge < -0.3 is 9.84 Å². The van der Waals surface area contributed by atoms with Gasteiger partial charge in [0, 0.05) is 6.54 Å². The molecule has 0 spiro atoms. The van der Waals surface area contributed by atoms with E-state index in [4.69, 9.17) is 4.74 Å². The molecule has 0 saturated carbocycles. The third-order valence-corrected chi connectivity index (χ3v) is 3.81. The lowest BCUT2D eigenvalue weighted by atomic mass is 9.92. The molecule has 1 aliphatic rings. The van der Waals surface area contributed by atoms with Crippen LogP contribution in [-0.2, 0) is 9.53 Å². The number of ether oxygens (including phenoxy) is 1. The monoisotopic (exact) mass is 271 g/mol. The van der Waals surface area contributed by atoms with Crippen LogP contribution in [0.25, 0.3) is 0 Å². The number of esters is 1. The summed E-state index contributed by atoms with van der Waals surface area (Å²) in [6.07, 6.45) is 1.81. The molecule has 4 nitrogen and oxygen atoms in total. The first-order valence-electron chi connectivity index (χ1n) is 7.22. The van der Waals surface area contributed by atoms with Crippen molar-refractivity contribution in [3.05, 3.63) is 0 Å². The maximum absolute atomic E-state index is 12.2. The summed E-state index contributed by atoms with van der Waals surface area (Å²) in [5.41, 5.74) is -1.23. The Bertz CT molecular complexity index is 318. The van der Waals surface area contributed by atoms with Crippen molar-refractivity contribution in [2.24, 2.45) is 5.92 Å². The van der Waals surface area contributed by atoms with Gasteiger partial charge in [0.2, 0.25) is 0 Å². The molecule has 1 unspecified atom stereocenters. The number of rotatable bonds is 4. The molecule has 1 rings (SSSR count). The van der Waals surface area contributed by atoms with E-state index in [9.17, 15) is 9.90 Å². The molecule has 1 fully saturated rings. The Morgan fingerprint density at radius 1 is 1.37 bits per heavy atom.